The van der Waals surface area contributed by atoms with Crippen LogP contribution < -0.4 is 5.73 Å². The maximum atomic E-state index is 5.96. The largest absolute Gasteiger partial charge is 0.397 e. The van der Waals surface area contributed by atoms with Gasteiger partial charge in [-0.1, -0.05) is 50.1 Å². The zero-order valence-electron chi connectivity index (χ0n) is 9.24. The zero-order chi connectivity index (χ0) is 12.7. The minimum atomic E-state index is 0.661. The van der Waals surface area contributed by atoms with E-state index in [9.17, 15) is 0 Å². The number of hydrogen-bond acceptors (Lipinski definition) is 2. The number of nitrogens with one attached hydrogen (secondary N) is 1. The lowest BCUT2D eigenvalue weighted by atomic mass is 10.2. The molecular formula is C13H9Br2N3. The third kappa shape index (κ3) is 1.93. The number of anilines is 1. The Morgan fingerprint density at radius 3 is 2.67 bits per heavy atom. The van der Waals surface area contributed by atoms with E-state index >= 15 is 0 Å². The smallest absolute Gasteiger partial charge is 0.139 e. The molecule has 0 aliphatic rings. The number of halogens is 2. The van der Waals surface area contributed by atoms with Gasteiger partial charge in [-0.25, -0.2) is 4.98 Å². The summed E-state index contributed by atoms with van der Waals surface area (Å²) in [7, 11) is 0. The molecule has 1 aromatic heterocycles. The minimum absolute atomic E-state index is 0.661. The number of aromatic nitrogens is 2. The van der Waals surface area contributed by atoms with Crippen molar-refractivity contribution < 1.29 is 0 Å². The van der Waals surface area contributed by atoms with E-state index in [1.165, 1.54) is 0 Å². The van der Waals surface area contributed by atoms with Crippen LogP contribution in [0.3, 0.4) is 0 Å². The number of nitrogen functional groups attached to an aromatic ring is 1. The van der Waals surface area contributed by atoms with Crippen molar-refractivity contribution in [3.63, 3.8) is 0 Å². The van der Waals surface area contributed by atoms with Gasteiger partial charge < -0.3 is 10.7 Å². The number of H-pyrrole nitrogens is 1. The van der Waals surface area contributed by atoms with Gasteiger partial charge in [0.15, 0.2) is 0 Å². The van der Waals surface area contributed by atoms with Crippen LogP contribution in [0.4, 0.5) is 5.69 Å². The van der Waals surface area contributed by atoms with Gasteiger partial charge in [0.05, 0.1) is 11.2 Å². The van der Waals surface area contributed by atoms with Crippen LogP contribution in [0, 0.1) is 0 Å². The first-order chi connectivity index (χ1) is 8.65. The normalized spacial score (nSPS) is 11.0. The highest BCUT2D eigenvalue weighted by Crippen LogP contribution is 2.30. The monoisotopic (exact) mass is 365 g/mol. The molecule has 0 fully saturated rings. The molecule has 3 rings (SSSR count). The summed E-state index contributed by atoms with van der Waals surface area (Å²) < 4.78 is 1.94. The molecule has 0 unspecified atom stereocenters. The van der Waals surface area contributed by atoms with Crippen LogP contribution in [0.15, 0.2) is 45.3 Å². The third-order valence-corrected chi connectivity index (χ3v) is 3.86. The predicted octanol–water partition coefficient (Wildman–Crippen LogP) is 4.34. The summed E-state index contributed by atoms with van der Waals surface area (Å²) in [5, 5.41) is 0. The van der Waals surface area contributed by atoms with Crippen LogP contribution in [0.2, 0.25) is 0 Å². The number of nitrogens with zero attached hydrogens (tertiary/aromatic N) is 1. The summed E-state index contributed by atoms with van der Waals surface area (Å²) in [6.07, 6.45) is 0. The second-order valence-corrected chi connectivity index (χ2v) is 5.73. The topological polar surface area (TPSA) is 54.7 Å². The van der Waals surface area contributed by atoms with E-state index in [0.29, 0.717) is 5.69 Å². The van der Waals surface area contributed by atoms with Crippen LogP contribution in [0.25, 0.3) is 22.4 Å². The molecule has 0 amide bonds. The first kappa shape index (κ1) is 11.7. The van der Waals surface area contributed by atoms with Gasteiger partial charge in [0, 0.05) is 14.5 Å². The van der Waals surface area contributed by atoms with Crippen LogP contribution in [0.5, 0.6) is 0 Å². The highest BCUT2D eigenvalue weighted by atomic mass is 79.9. The Hall–Kier alpha value is -1.33. The highest BCUT2D eigenvalue weighted by molar-refractivity contribution is 9.10. The van der Waals surface area contributed by atoms with E-state index in [2.05, 4.69) is 41.8 Å². The first-order valence-electron chi connectivity index (χ1n) is 5.35. The van der Waals surface area contributed by atoms with Crippen LogP contribution >= 0.6 is 31.9 Å². The molecule has 1 heterocycles. The van der Waals surface area contributed by atoms with Crippen molar-refractivity contribution >= 4 is 48.6 Å². The van der Waals surface area contributed by atoms with Crippen LogP contribution in [0.1, 0.15) is 0 Å². The average Bonchev–Trinajstić information content (AvgIpc) is 2.73. The summed E-state index contributed by atoms with van der Waals surface area (Å²) in [6, 6.07) is 11.8. The number of imidazole rings is 1. The Kier molecular flexibility index (Phi) is 2.87. The molecule has 3 N–H and O–H groups in total. The number of aromatic amines is 1. The van der Waals surface area contributed by atoms with Crippen molar-refractivity contribution in [1.29, 1.82) is 0 Å². The number of hydrogen-bond donors (Lipinski definition) is 2. The molecule has 0 radical (unpaired) electrons. The zero-order valence-corrected chi connectivity index (χ0v) is 12.4. The molecule has 0 aliphatic heterocycles. The van der Waals surface area contributed by atoms with Gasteiger partial charge in [0.2, 0.25) is 0 Å². The molecule has 3 aromatic rings. The molecule has 0 saturated heterocycles. The maximum Gasteiger partial charge on any atom is 0.139 e. The van der Waals surface area contributed by atoms with E-state index in [4.69, 9.17) is 5.73 Å². The third-order valence-electron chi connectivity index (χ3n) is 2.71. The molecule has 0 aliphatic carbocycles. The second-order valence-electron chi connectivity index (χ2n) is 3.96. The maximum absolute atomic E-state index is 5.96. The van der Waals surface area contributed by atoms with Gasteiger partial charge in [-0.15, -0.1) is 0 Å². The Morgan fingerprint density at radius 1 is 1.11 bits per heavy atom. The van der Waals surface area contributed by atoms with E-state index in [1.807, 2.05) is 36.4 Å². The number of fused-ring (bicyclic) bond motifs is 1. The van der Waals surface area contributed by atoms with E-state index in [-0.39, 0.29) is 0 Å². The number of benzene rings is 2. The summed E-state index contributed by atoms with van der Waals surface area (Å²) in [5.41, 5.74) is 9.36. The van der Waals surface area contributed by atoms with Gasteiger partial charge in [-0.2, -0.15) is 0 Å². The lowest BCUT2D eigenvalue weighted by Crippen LogP contribution is -1.86. The molecule has 3 nitrogen and oxygen atoms in total. The average molecular weight is 367 g/mol. The van der Waals surface area contributed by atoms with Crippen molar-refractivity contribution in [2.45, 2.75) is 0 Å². The molecule has 0 atom stereocenters. The predicted molar refractivity (Wildman–Crippen MR) is 81.3 cm³/mol. The van der Waals surface area contributed by atoms with Crippen molar-refractivity contribution in [1.82, 2.24) is 9.97 Å². The van der Waals surface area contributed by atoms with Gasteiger partial charge in [0.25, 0.3) is 0 Å². The molecule has 18 heavy (non-hydrogen) atoms. The summed E-state index contributed by atoms with van der Waals surface area (Å²) in [5.74, 6) is 0.808. The fourth-order valence-corrected chi connectivity index (χ4v) is 2.84. The standard InChI is InChI=1S/C13H9Br2N3/c14-7-5-10(16)12-11(6-7)17-13(18-12)8-3-1-2-4-9(8)15/h1-6H,16H2,(H,17,18). The van der Waals surface area contributed by atoms with E-state index < -0.39 is 0 Å². The van der Waals surface area contributed by atoms with Gasteiger partial charge >= 0.3 is 0 Å². The first-order valence-corrected chi connectivity index (χ1v) is 6.93. The van der Waals surface area contributed by atoms with Crippen molar-refractivity contribution in [3.05, 3.63) is 45.3 Å². The molecule has 90 valence electrons. The summed E-state index contributed by atoms with van der Waals surface area (Å²) >= 11 is 6.95. The van der Waals surface area contributed by atoms with Gasteiger partial charge in [0.1, 0.15) is 11.3 Å². The van der Waals surface area contributed by atoms with Gasteiger partial charge in [-0.3, -0.25) is 0 Å². The summed E-state index contributed by atoms with van der Waals surface area (Å²) in [6.45, 7) is 0. The second kappa shape index (κ2) is 4.40. The van der Waals surface area contributed by atoms with Crippen molar-refractivity contribution in [2.75, 3.05) is 5.73 Å². The summed E-state index contributed by atoms with van der Waals surface area (Å²) in [4.78, 5) is 7.84. The van der Waals surface area contributed by atoms with Crippen LogP contribution in [-0.2, 0) is 0 Å². The Bertz CT molecular complexity index is 734. The Balaban J connectivity index is 2.26. The lowest BCUT2D eigenvalue weighted by Gasteiger charge is -1.98. The quantitative estimate of drug-likeness (QED) is 0.629. The van der Waals surface area contributed by atoms with E-state index in [0.717, 1.165) is 31.4 Å². The highest BCUT2D eigenvalue weighted by Gasteiger charge is 2.10. The number of nitrogens with two attached hydrogens (primary N) is 1. The fourth-order valence-electron chi connectivity index (χ4n) is 1.89. The minimum Gasteiger partial charge on any atom is -0.397 e. The molecule has 0 spiro atoms. The molecule has 5 heteroatoms. The lowest BCUT2D eigenvalue weighted by molar-refractivity contribution is 1.33. The van der Waals surface area contributed by atoms with Crippen molar-refractivity contribution in [3.8, 4) is 11.4 Å². The molecule has 0 saturated carbocycles. The van der Waals surface area contributed by atoms with Crippen molar-refractivity contribution in [2.24, 2.45) is 0 Å². The molecule has 0 bridgehead atoms. The van der Waals surface area contributed by atoms with Gasteiger partial charge in [-0.05, 0) is 18.2 Å². The Morgan fingerprint density at radius 2 is 1.89 bits per heavy atom. The SMILES string of the molecule is Nc1cc(Br)cc2[nH]c(-c3ccccc3Br)nc12. The number of rotatable bonds is 1. The molecule has 2 aromatic carbocycles. The fraction of sp³-hybridized carbons (Fsp3) is 0. The Labute approximate surface area is 121 Å². The molecular weight excluding hydrogens is 358 g/mol. The van der Waals surface area contributed by atoms with E-state index in [1.54, 1.807) is 0 Å². The van der Waals surface area contributed by atoms with Crippen LogP contribution in [-0.4, -0.2) is 9.97 Å².